The van der Waals surface area contributed by atoms with Crippen molar-refractivity contribution in [2.75, 3.05) is 0 Å². The second kappa shape index (κ2) is 6.98. The van der Waals surface area contributed by atoms with Crippen molar-refractivity contribution in [3.05, 3.63) is 65.7 Å². The average molecular weight is 295 g/mol. The number of hydrogen-bond donors (Lipinski definition) is 2. The van der Waals surface area contributed by atoms with E-state index in [0.717, 1.165) is 16.9 Å². The van der Waals surface area contributed by atoms with Gasteiger partial charge in [-0.05, 0) is 36.1 Å². The van der Waals surface area contributed by atoms with Crippen LogP contribution in [-0.2, 0) is 13.2 Å². The zero-order chi connectivity index (χ0) is 15.2. The molecule has 0 bridgehead atoms. The summed E-state index contributed by atoms with van der Waals surface area (Å²) in [5.74, 6) is 1.40. The summed E-state index contributed by atoms with van der Waals surface area (Å²) in [6, 6.07) is 18.7. The highest BCUT2D eigenvalue weighted by atomic mass is 16.5. The van der Waals surface area contributed by atoms with Gasteiger partial charge in [-0.3, -0.25) is 0 Å². The maximum Gasteiger partial charge on any atom is 0.189 e. The Kier molecular flexibility index (Phi) is 4.59. The SMILES string of the molecule is NC(=NCc1ccc(OCc2ccccc2)cc1)NC1CC1. The standard InChI is InChI=1S/C18H21N3O/c19-18(21-16-8-9-16)20-12-14-6-10-17(11-7-14)22-13-15-4-2-1-3-5-15/h1-7,10-11,16H,8-9,12-13H2,(H3,19,20,21). The van der Waals surface area contributed by atoms with Crippen molar-refractivity contribution < 1.29 is 4.74 Å². The number of nitrogens with two attached hydrogens (primary N) is 1. The van der Waals surface area contributed by atoms with Crippen LogP contribution < -0.4 is 15.8 Å². The Morgan fingerprint density at radius 2 is 1.77 bits per heavy atom. The van der Waals surface area contributed by atoms with E-state index in [0.29, 0.717) is 25.2 Å². The van der Waals surface area contributed by atoms with E-state index in [1.165, 1.54) is 12.8 Å². The van der Waals surface area contributed by atoms with E-state index >= 15 is 0 Å². The molecule has 3 N–H and O–H groups in total. The Hall–Kier alpha value is -2.49. The highest BCUT2D eigenvalue weighted by Crippen LogP contribution is 2.18. The molecule has 1 saturated carbocycles. The van der Waals surface area contributed by atoms with Gasteiger partial charge in [0.05, 0.1) is 6.54 Å². The molecule has 0 unspecified atom stereocenters. The number of benzene rings is 2. The molecule has 0 atom stereocenters. The first-order valence-corrected chi connectivity index (χ1v) is 7.62. The van der Waals surface area contributed by atoms with Crippen LogP contribution in [0.25, 0.3) is 0 Å². The second-order valence-electron chi connectivity index (χ2n) is 5.54. The van der Waals surface area contributed by atoms with Crippen molar-refractivity contribution in [3.8, 4) is 5.75 Å². The zero-order valence-corrected chi connectivity index (χ0v) is 12.5. The lowest BCUT2D eigenvalue weighted by molar-refractivity contribution is 0.306. The average Bonchev–Trinajstić information content (AvgIpc) is 3.37. The fourth-order valence-electron chi connectivity index (χ4n) is 2.09. The van der Waals surface area contributed by atoms with Crippen molar-refractivity contribution in [2.45, 2.75) is 32.0 Å². The highest BCUT2D eigenvalue weighted by molar-refractivity contribution is 5.78. The largest absolute Gasteiger partial charge is 0.489 e. The normalized spacial score (nSPS) is 14.6. The number of guanidine groups is 1. The quantitative estimate of drug-likeness (QED) is 0.636. The molecule has 0 radical (unpaired) electrons. The topological polar surface area (TPSA) is 59.6 Å². The van der Waals surface area contributed by atoms with Crippen molar-refractivity contribution >= 4 is 5.96 Å². The molecular formula is C18H21N3O. The zero-order valence-electron chi connectivity index (χ0n) is 12.5. The summed E-state index contributed by atoms with van der Waals surface area (Å²) in [5.41, 5.74) is 8.10. The third kappa shape index (κ3) is 4.52. The fourth-order valence-corrected chi connectivity index (χ4v) is 2.09. The van der Waals surface area contributed by atoms with Gasteiger partial charge in [0.1, 0.15) is 12.4 Å². The summed E-state index contributed by atoms with van der Waals surface area (Å²) < 4.78 is 5.76. The van der Waals surface area contributed by atoms with E-state index in [1.807, 2.05) is 42.5 Å². The molecular weight excluding hydrogens is 274 g/mol. The van der Waals surface area contributed by atoms with Crippen LogP contribution in [0.4, 0.5) is 0 Å². The van der Waals surface area contributed by atoms with Crippen LogP contribution in [0.15, 0.2) is 59.6 Å². The maximum atomic E-state index is 5.82. The van der Waals surface area contributed by atoms with Gasteiger partial charge < -0.3 is 15.8 Å². The van der Waals surface area contributed by atoms with Crippen LogP contribution in [0.3, 0.4) is 0 Å². The lowest BCUT2D eigenvalue weighted by atomic mass is 10.2. The van der Waals surface area contributed by atoms with Crippen LogP contribution >= 0.6 is 0 Å². The lowest BCUT2D eigenvalue weighted by Gasteiger charge is -2.07. The Balaban J connectivity index is 1.49. The predicted octanol–water partition coefficient (Wildman–Crippen LogP) is 2.83. The van der Waals surface area contributed by atoms with Gasteiger partial charge in [-0.1, -0.05) is 42.5 Å². The third-order valence-corrected chi connectivity index (χ3v) is 3.53. The molecule has 1 aliphatic rings. The molecule has 3 rings (SSSR count). The third-order valence-electron chi connectivity index (χ3n) is 3.53. The summed E-state index contributed by atoms with van der Waals surface area (Å²) in [6.45, 7) is 1.17. The van der Waals surface area contributed by atoms with Crippen LogP contribution in [0.1, 0.15) is 24.0 Å². The van der Waals surface area contributed by atoms with E-state index < -0.39 is 0 Å². The van der Waals surface area contributed by atoms with Gasteiger partial charge in [0, 0.05) is 6.04 Å². The van der Waals surface area contributed by atoms with Gasteiger partial charge in [-0.2, -0.15) is 0 Å². The second-order valence-corrected chi connectivity index (χ2v) is 5.54. The molecule has 0 heterocycles. The number of rotatable bonds is 6. The summed E-state index contributed by atoms with van der Waals surface area (Å²) >= 11 is 0. The Labute approximate surface area is 131 Å². The van der Waals surface area contributed by atoms with Crippen molar-refractivity contribution in [3.63, 3.8) is 0 Å². The van der Waals surface area contributed by atoms with E-state index in [1.54, 1.807) is 0 Å². The minimum atomic E-state index is 0.534. The Morgan fingerprint density at radius 1 is 1.05 bits per heavy atom. The first kappa shape index (κ1) is 14.4. The molecule has 22 heavy (non-hydrogen) atoms. The minimum absolute atomic E-state index is 0.534. The summed E-state index contributed by atoms with van der Waals surface area (Å²) in [5, 5.41) is 3.18. The number of hydrogen-bond acceptors (Lipinski definition) is 2. The van der Waals surface area contributed by atoms with Gasteiger partial charge >= 0.3 is 0 Å². The summed E-state index contributed by atoms with van der Waals surface area (Å²) in [4.78, 5) is 4.34. The van der Waals surface area contributed by atoms with Crippen molar-refractivity contribution in [2.24, 2.45) is 10.7 Å². The minimum Gasteiger partial charge on any atom is -0.489 e. The molecule has 0 aromatic heterocycles. The monoisotopic (exact) mass is 295 g/mol. The molecule has 0 amide bonds. The molecule has 1 fully saturated rings. The molecule has 2 aromatic carbocycles. The van der Waals surface area contributed by atoms with Crippen LogP contribution in [0.5, 0.6) is 5.75 Å². The Morgan fingerprint density at radius 3 is 2.45 bits per heavy atom. The van der Waals surface area contributed by atoms with Gasteiger partial charge in [-0.15, -0.1) is 0 Å². The van der Waals surface area contributed by atoms with E-state index in [9.17, 15) is 0 Å². The molecule has 4 nitrogen and oxygen atoms in total. The summed E-state index contributed by atoms with van der Waals surface area (Å²) in [7, 11) is 0. The Bertz CT molecular complexity index is 619. The van der Waals surface area contributed by atoms with E-state index in [4.69, 9.17) is 10.5 Å². The number of aliphatic imine (C=N–C) groups is 1. The molecule has 0 saturated heterocycles. The predicted molar refractivity (Wildman–Crippen MR) is 88.7 cm³/mol. The molecule has 0 spiro atoms. The maximum absolute atomic E-state index is 5.82. The van der Waals surface area contributed by atoms with Gasteiger partial charge in [0.15, 0.2) is 5.96 Å². The molecule has 0 aliphatic heterocycles. The summed E-state index contributed by atoms with van der Waals surface area (Å²) in [6.07, 6.45) is 2.40. The van der Waals surface area contributed by atoms with E-state index in [2.05, 4.69) is 22.4 Å². The van der Waals surface area contributed by atoms with Crippen molar-refractivity contribution in [1.29, 1.82) is 0 Å². The van der Waals surface area contributed by atoms with Gasteiger partial charge in [0.2, 0.25) is 0 Å². The van der Waals surface area contributed by atoms with Gasteiger partial charge in [-0.25, -0.2) is 4.99 Å². The first-order chi connectivity index (χ1) is 10.8. The highest BCUT2D eigenvalue weighted by Gasteiger charge is 2.21. The molecule has 2 aromatic rings. The van der Waals surface area contributed by atoms with Crippen LogP contribution in [0, 0.1) is 0 Å². The smallest absolute Gasteiger partial charge is 0.189 e. The van der Waals surface area contributed by atoms with Crippen LogP contribution in [-0.4, -0.2) is 12.0 Å². The van der Waals surface area contributed by atoms with Crippen molar-refractivity contribution in [1.82, 2.24) is 5.32 Å². The number of nitrogens with one attached hydrogen (secondary N) is 1. The fraction of sp³-hybridized carbons (Fsp3) is 0.278. The molecule has 4 heteroatoms. The number of nitrogens with zero attached hydrogens (tertiary/aromatic N) is 1. The first-order valence-electron chi connectivity index (χ1n) is 7.62. The molecule has 114 valence electrons. The molecule has 1 aliphatic carbocycles. The van der Waals surface area contributed by atoms with Crippen LogP contribution in [0.2, 0.25) is 0 Å². The lowest BCUT2D eigenvalue weighted by Crippen LogP contribution is -2.33. The van der Waals surface area contributed by atoms with Gasteiger partial charge in [0.25, 0.3) is 0 Å². The number of ether oxygens (including phenoxy) is 1. The van der Waals surface area contributed by atoms with E-state index in [-0.39, 0.29) is 0 Å².